The monoisotopic (exact) mass is 317 g/mol. The Balaban J connectivity index is 1.73. The summed E-state index contributed by atoms with van der Waals surface area (Å²) in [6.45, 7) is 3.72. The maximum atomic E-state index is 13.7. The molecule has 2 aromatic carbocycles. The minimum absolute atomic E-state index is 0.223. The standard InChI is InChI=1S/C18H21F2N3/c19-15-2-4-17(5-3-15)22-6-1-7-23(9-8-22)18-11-14(13-21)10-16(20)12-18/h2-5,10-12H,1,6-9,13,21H2. The second-order valence-corrected chi connectivity index (χ2v) is 5.83. The summed E-state index contributed by atoms with van der Waals surface area (Å²) in [6, 6.07) is 11.6. The average molecular weight is 317 g/mol. The van der Waals surface area contributed by atoms with Gasteiger partial charge < -0.3 is 15.5 Å². The summed E-state index contributed by atoms with van der Waals surface area (Å²) in [5.41, 5.74) is 8.34. The van der Waals surface area contributed by atoms with Crippen LogP contribution < -0.4 is 15.5 Å². The molecule has 0 unspecified atom stereocenters. The number of benzene rings is 2. The van der Waals surface area contributed by atoms with Crippen LogP contribution >= 0.6 is 0 Å². The van der Waals surface area contributed by atoms with Gasteiger partial charge in [-0.05, 0) is 54.4 Å². The van der Waals surface area contributed by atoms with E-state index in [9.17, 15) is 8.78 Å². The molecule has 0 saturated carbocycles. The van der Waals surface area contributed by atoms with Crippen molar-refractivity contribution in [3.05, 3.63) is 59.7 Å². The highest BCUT2D eigenvalue weighted by Crippen LogP contribution is 2.22. The minimum atomic E-state index is -0.248. The molecule has 23 heavy (non-hydrogen) atoms. The molecule has 0 radical (unpaired) electrons. The molecule has 0 aromatic heterocycles. The molecule has 1 aliphatic heterocycles. The molecule has 5 heteroatoms. The molecule has 0 amide bonds. The van der Waals surface area contributed by atoms with Crippen molar-refractivity contribution in [1.29, 1.82) is 0 Å². The average Bonchev–Trinajstić information content (AvgIpc) is 2.81. The molecule has 0 spiro atoms. The fourth-order valence-corrected chi connectivity index (χ4v) is 3.02. The second-order valence-electron chi connectivity index (χ2n) is 5.83. The van der Waals surface area contributed by atoms with Crippen LogP contribution in [0.5, 0.6) is 0 Å². The third-order valence-corrected chi connectivity index (χ3v) is 4.23. The molecule has 0 bridgehead atoms. The number of rotatable bonds is 3. The Morgan fingerprint density at radius 2 is 1.43 bits per heavy atom. The molecule has 1 heterocycles. The summed E-state index contributed by atoms with van der Waals surface area (Å²) >= 11 is 0. The fraction of sp³-hybridized carbons (Fsp3) is 0.333. The van der Waals surface area contributed by atoms with Crippen LogP contribution in [-0.4, -0.2) is 26.2 Å². The Kier molecular flexibility index (Phi) is 4.76. The first-order valence-electron chi connectivity index (χ1n) is 7.91. The molecular formula is C18H21F2N3. The van der Waals surface area contributed by atoms with E-state index >= 15 is 0 Å². The zero-order valence-corrected chi connectivity index (χ0v) is 13.0. The number of hydrogen-bond donors (Lipinski definition) is 1. The lowest BCUT2D eigenvalue weighted by Crippen LogP contribution is -2.30. The molecule has 0 atom stereocenters. The zero-order chi connectivity index (χ0) is 16.2. The summed E-state index contributed by atoms with van der Waals surface area (Å²) in [4.78, 5) is 4.42. The van der Waals surface area contributed by atoms with E-state index in [1.54, 1.807) is 18.2 Å². The van der Waals surface area contributed by atoms with Crippen LogP contribution in [0.1, 0.15) is 12.0 Å². The number of hydrogen-bond acceptors (Lipinski definition) is 3. The zero-order valence-electron chi connectivity index (χ0n) is 13.0. The summed E-state index contributed by atoms with van der Waals surface area (Å²) in [5.74, 6) is -0.470. The first-order chi connectivity index (χ1) is 11.2. The van der Waals surface area contributed by atoms with Crippen molar-refractivity contribution in [2.45, 2.75) is 13.0 Å². The van der Waals surface area contributed by atoms with Gasteiger partial charge >= 0.3 is 0 Å². The van der Waals surface area contributed by atoms with E-state index in [1.165, 1.54) is 18.2 Å². The van der Waals surface area contributed by atoms with Crippen molar-refractivity contribution in [2.75, 3.05) is 36.0 Å². The molecule has 122 valence electrons. The maximum absolute atomic E-state index is 13.7. The normalized spacial score (nSPS) is 15.6. The van der Waals surface area contributed by atoms with Crippen molar-refractivity contribution in [3.8, 4) is 0 Å². The highest BCUT2D eigenvalue weighted by Gasteiger charge is 2.16. The lowest BCUT2D eigenvalue weighted by atomic mass is 10.1. The lowest BCUT2D eigenvalue weighted by Gasteiger charge is -2.25. The van der Waals surface area contributed by atoms with E-state index in [0.29, 0.717) is 6.54 Å². The van der Waals surface area contributed by atoms with E-state index in [0.717, 1.165) is 49.5 Å². The fourth-order valence-electron chi connectivity index (χ4n) is 3.02. The topological polar surface area (TPSA) is 32.5 Å². The van der Waals surface area contributed by atoms with Crippen molar-refractivity contribution in [3.63, 3.8) is 0 Å². The quantitative estimate of drug-likeness (QED) is 0.944. The van der Waals surface area contributed by atoms with Gasteiger partial charge in [0.05, 0.1) is 0 Å². The third kappa shape index (κ3) is 3.79. The van der Waals surface area contributed by atoms with Crippen LogP contribution in [0.2, 0.25) is 0 Å². The molecule has 3 nitrogen and oxygen atoms in total. The van der Waals surface area contributed by atoms with E-state index < -0.39 is 0 Å². The Bertz CT molecular complexity index is 658. The largest absolute Gasteiger partial charge is 0.370 e. The van der Waals surface area contributed by atoms with Crippen molar-refractivity contribution in [2.24, 2.45) is 5.73 Å². The van der Waals surface area contributed by atoms with Crippen molar-refractivity contribution >= 4 is 11.4 Å². The smallest absolute Gasteiger partial charge is 0.125 e. The number of nitrogens with zero attached hydrogens (tertiary/aromatic N) is 2. The van der Waals surface area contributed by atoms with Crippen LogP contribution in [0.3, 0.4) is 0 Å². The van der Waals surface area contributed by atoms with E-state index in [-0.39, 0.29) is 11.6 Å². The molecule has 3 rings (SSSR count). The van der Waals surface area contributed by atoms with Crippen LogP contribution in [-0.2, 0) is 6.54 Å². The Morgan fingerprint density at radius 1 is 0.783 bits per heavy atom. The van der Waals surface area contributed by atoms with E-state index in [4.69, 9.17) is 5.73 Å². The van der Waals surface area contributed by atoms with Gasteiger partial charge in [-0.15, -0.1) is 0 Å². The van der Waals surface area contributed by atoms with Crippen molar-refractivity contribution in [1.82, 2.24) is 0 Å². The van der Waals surface area contributed by atoms with Crippen LogP contribution in [0.4, 0.5) is 20.2 Å². The van der Waals surface area contributed by atoms with E-state index in [1.807, 2.05) is 6.07 Å². The molecule has 1 saturated heterocycles. The highest BCUT2D eigenvalue weighted by molar-refractivity contribution is 5.51. The van der Waals surface area contributed by atoms with Crippen LogP contribution in [0.25, 0.3) is 0 Å². The Morgan fingerprint density at radius 3 is 2.09 bits per heavy atom. The molecule has 0 aliphatic carbocycles. The van der Waals surface area contributed by atoms with Gasteiger partial charge in [-0.25, -0.2) is 8.78 Å². The third-order valence-electron chi connectivity index (χ3n) is 4.23. The van der Waals surface area contributed by atoms with Gasteiger partial charge in [0.15, 0.2) is 0 Å². The van der Waals surface area contributed by atoms with Gasteiger partial charge in [0.25, 0.3) is 0 Å². The number of nitrogens with two attached hydrogens (primary N) is 1. The first-order valence-corrected chi connectivity index (χ1v) is 7.91. The predicted octanol–water partition coefficient (Wildman–Crippen LogP) is 3.14. The van der Waals surface area contributed by atoms with Gasteiger partial charge in [-0.2, -0.15) is 0 Å². The molecular weight excluding hydrogens is 296 g/mol. The SMILES string of the molecule is NCc1cc(F)cc(N2CCCN(c3ccc(F)cc3)CC2)c1. The van der Waals surface area contributed by atoms with Crippen LogP contribution in [0, 0.1) is 11.6 Å². The summed E-state index contributed by atoms with van der Waals surface area (Å²) in [7, 11) is 0. The molecule has 2 aromatic rings. The Labute approximate surface area is 135 Å². The van der Waals surface area contributed by atoms with Gasteiger partial charge in [-0.1, -0.05) is 0 Å². The summed E-state index contributed by atoms with van der Waals surface area (Å²) in [6.07, 6.45) is 0.964. The predicted molar refractivity (Wildman–Crippen MR) is 89.7 cm³/mol. The summed E-state index contributed by atoms with van der Waals surface area (Å²) < 4.78 is 26.8. The first kappa shape index (κ1) is 15.7. The van der Waals surface area contributed by atoms with Gasteiger partial charge in [0.1, 0.15) is 11.6 Å². The molecule has 2 N–H and O–H groups in total. The number of anilines is 2. The minimum Gasteiger partial charge on any atom is -0.370 e. The van der Waals surface area contributed by atoms with Gasteiger partial charge in [-0.3, -0.25) is 0 Å². The van der Waals surface area contributed by atoms with Gasteiger partial charge in [0, 0.05) is 44.1 Å². The van der Waals surface area contributed by atoms with Gasteiger partial charge in [0.2, 0.25) is 0 Å². The second kappa shape index (κ2) is 6.96. The molecule has 1 fully saturated rings. The Hall–Kier alpha value is -2.14. The number of halogens is 2. The maximum Gasteiger partial charge on any atom is 0.125 e. The highest BCUT2D eigenvalue weighted by atomic mass is 19.1. The molecule has 1 aliphatic rings. The summed E-state index contributed by atoms with van der Waals surface area (Å²) in [5, 5.41) is 0. The lowest BCUT2D eigenvalue weighted by molar-refractivity contribution is 0.624. The van der Waals surface area contributed by atoms with Crippen LogP contribution in [0.15, 0.2) is 42.5 Å². The van der Waals surface area contributed by atoms with Crippen molar-refractivity contribution < 1.29 is 8.78 Å². The van der Waals surface area contributed by atoms with E-state index in [2.05, 4.69) is 9.80 Å².